The molecule has 66 valence electrons. The second-order valence-electron chi connectivity index (χ2n) is 2.58. The van der Waals surface area contributed by atoms with Crippen molar-refractivity contribution in [2.45, 2.75) is 38.1 Å². The van der Waals surface area contributed by atoms with E-state index < -0.39 is 0 Å². The monoisotopic (exact) mass is 161 g/mol. The minimum atomic E-state index is -0.223. The average molecular weight is 161 g/mol. The fourth-order valence-electron chi connectivity index (χ4n) is 1.29. The molecular weight excluding hydrogens is 146 g/mol. The molecule has 1 saturated carbocycles. The van der Waals surface area contributed by atoms with Gasteiger partial charge in [-0.3, -0.25) is 10.1 Å². The van der Waals surface area contributed by atoms with Crippen molar-refractivity contribution in [2.24, 2.45) is 0 Å². The molecule has 4 nitrogen and oxygen atoms in total. The maximum Gasteiger partial charge on any atom is 0.213 e. The van der Waals surface area contributed by atoms with Gasteiger partial charge in [0.1, 0.15) is 0 Å². The van der Waals surface area contributed by atoms with Crippen molar-refractivity contribution in [3.63, 3.8) is 0 Å². The van der Waals surface area contributed by atoms with Gasteiger partial charge in [-0.15, -0.1) is 0 Å². The topological polar surface area (TPSA) is 63.4 Å². The van der Waals surface area contributed by atoms with Gasteiger partial charge < -0.3 is 5.11 Å². The third kappa shape index (κ3) is 3.93. The molecule has 1 N–H and O–H groups in total. The molecule has 0 aromatic carbocycles. The highest BCUT2D eigenvalue weighted by Crippen LogP contribution is 2.19. The van der Waals surface area contributed by atoms with Gasteiger partial charge in [0.05, 0.1) is 0 Å². The van der Waals surface area contributed by atoms with Gasteiger partial charge in [0.2, 0.25) is 6.04 Å². The highest BCUT2D eigenvalue weighted by molar-refractivity contribution is 4.63. The fraction of sp³-hybridized carbons (Fsp3) is 1.00. The van der Waals surface area contributed by atoms with Crippen molar-refractivity contribution in [1.82, 2.24) is 0 Å². The molecule has 0 aromatic heterocycles. The second-order valence-corrected chi connectivity index (χ2v) is 2.58. The molecular formula is C7H15NO3. The molecule has 0 unspecified atom stereocenters. The summed E-state index contributed by atoms with van der Waals surface area (Å²) in [6.07, 6.45) is 4.88. The third-order valence-corrected chi connectivity index (χ3v) is 1.87. The summed E-state index contributed by atoms with van der Waals surface area (Å²) in [7, 11) is 1.00. The molecule has 0 spiro atoms. The van der Waals surface area contributed by atoms with Gasteiger partial charge in [-0.1, -0.05) is 6.42 Å². The Balaban J connectivity index is 0.000000461. The fourth-order valence-corrected chi connectivity index (χ4v) is 1.29. The first-order valence-electron chi connectivity index (χ1n) is 3.89. The first-order valence-corrected chi connectivity index (χ1v) is 3.89. The van der Waals surface area contributed by atoms with Gasteiger partial charge in [-0.05, 0) is 12.8 Å². The summed E-state index contributed by atoms with van der Waals surface area (Å²) in [6.45, 7) is 0. The molecule has 0 amide bonds. The van der Waals surface area contributed by atoms with Crippen LogP contribution in [0.25, 0.3) is 0 Å². The SMILES string of the molecule is CO.O=[N+]([O-])C1CCCCC1. The van der Waals surface area contributed by atoms with Crippen LogP contribution in [0.5, 0.6) is 0 Å². The van der Waals surface area contributed by atoms with Crippen LogP contribution in [0.4, 0.5) is 0 Å². The number of hydrogen-bond acceptors (Lipinski definition) is 3. The Morgan fingerprint density at radius 1 is 1.27 bits per heavy atom. The Labute approximate surface area is 66.4 Å². The predicted molar refractivity (Wildman–Crippen MR) is 42.0 cm³/mol. The molecule has 0 saturated heterocycles. The first kappa shape index (κ1) is 10.4. The lowest BCUT2D eigenvalue weighted by atomic mass is 9.96. The van der Waals surface area contributed by atoms with Gasteiger partial charge in [0.25, 0.3) is 0 Å². The van der Waals surface area contributed by atoms with Crippen molar-refractivity contribution in [3.8, 4) is 0 Å². The van der Waals surface area contributed by atoms with Crippen LogP contribution in [0, 0.1) is 10.1 Å². The number of rotatable bonds is 1. The van der Waals surface area contributed by atoms with Crippen molar-refractivity contribution in [3.05, 3.63) is 10.1 Å². The highest BCUT2D eigenvalue weighted by Gasteiger charge is 2.21. The summed E-state index contributed by atoms with van der Waals surface area (Å²) >= 11 is 0. The molecule has 0 bridgehead atoms. The molecule has 0 radical (unpaired) electrons. The van der Waals surface area contributed by atoms with Crippen molar-refractivity contribution < 1.29 is 10.0 Å². The highest BCUT2D eigenvalue weighted by atomic mass is 16.6. The second kappa shape index (κ2) is 6.09. The Kier molecular flexibility index (Phi) is 5.74. The molecule has 1 aliphatic rings. The van der Waals surface area contributed by atoms with Crippen LogP contribution in [0.3, 0.4) is 0 Å². The number of nitrogens with zero attached hydrogens (tertiary/aromatic N) is 1. The molecule has 0 atom stereocenters. The number of nitro groups is 1. The summed E-state index contributed by atoms with van der Waals surface area (Å²) in [5.41, 5.74) is 0. The zero-order chi connectivity index (χ0) is 8.69. The Bertz CT molecular complexity index is 110. The maximum absolute atomic E-state index is 10.2. The largest absolute Gasteiger partial charge is 0.400 e. The Morgan fingerprint density at radius 2 is 1.73 bits per heavy atom. The van der Waals surface area contributed by atoms with Gasteiger partial charge in [-0.25, -0.2) is 0 Å². The Morgan fingerprint density at radius 3 is 2.00 bits per heavy atom. The minimum absolute atomic E-state index is 0.140. The van der Waals surface area contributed by atoms with Crippen LogP contribution in [0.2, 0.25) is 0 Å². The van der Waals surface area contributed by atoms with Gasteiger partial charge in [-0.2, -0.15) is 0 Å². The van der Waals surface area contributed by atoms with Crippen LogP contribution in [-0.4, -0.2) is 23.2 Å². The van der Waals surface area contributed by atoms with E-state index in [2.05, 4.69) is 0 Å². The molecule has 0 aromatic rings. The smallest absolute Gasteiger partial charge is 0.213 e. The van der Waals surface area contributed by atoms with E-state index in [0.717, 1.165) is 32.8 Å². The van der Waals surface area contributed by atoms with Crippen LogP contribution >= 0.6 is 0 Å². The zero-order valence-electron chi connectivity index (χ0n) is 6.82. The van der Waals surface area contributed by atoms with Gasteiger partial charge in [0.15, 0.2) is 0 Å². The normalized spacial score (nSPS) is 18.4. The van der Waals surface area contributed by atoms with Crippen molar-refractivity contribution >= 4 is 0 Å². The molecule has 11 heavy (non-hydrogen) atoms. The lowest BCUT2D eigenvalue weighted by molar-refractivity contribution is -0.526. The molecule has 4 heteroatoms. The van der Waals surface area contributed by atoms with Gasteiger partial charge >= 0.3 is 0 Å². The molecule has 1 fully saturated rings. The zero-order valence-corrected chi connectivity index (χ0v) is 6.82. The predicted octanol–water partition coefficient (Wildman–Crippen LogP) is 1.20. The van der Waals surface area contributed by atoms with Crippen LogP contribution in [-0.2, 0) is 0 Å². The van der Waals surface area contributed by atoms with Crippen LogP contribution in [0.15, 0.2) is 0 Å². The Hall–Kier alpha value is -0.640. The van der Waals surface area contributed by atoms with Crippen LogP contribution in [0.1, 0.15) is 32.1 Å². The van der Waals surface area contributed by atoms with E-state index in [9.17, 15) is 10.1 Å². The van der Waals surface area contributed by atoms with Crippen molar-refractivity contribution in [1.29, 1.82) is 0 Å². The molecule has 1 aliphatic carbocycles. The van der Waals surface area contributed by atoms with E-state index in [1.54, 1.807) is 0 Å². The first-order chi connectivity index (χ1) is 5.30. The summed E-state index contributed by atoms with van der Waals surface area (Å²) in [6, 6.07) is -0.223. The number of aliphatic hydroxyl groups excluding tert-OH is 1. The summed E-state index contributed by atoms with van der Waals surface area (Å²) in [5, 5.41) is 17.2. The van der Waals surface area contributed by atoms with E-state index in [0.29, 0.717) is 0 Å². The summed E-state index contributed by atoms with van der Waals surface area (Å²) in [4.78, 5) is 10.0. The van der Waals surface area contributed by atoms with E-state index >= 15 is 0 Å². The van der Waals surface area contributed by atoms with Gasteiger partial charge in [0, 0.05) is 24.9 Å². The summed E-state index contributed by atoms with van der Waals surface area (Å²) < 4.78 is 0. The molecule has 1 rings (SSSR count). The lowest BCUT2D eigenvalue weighted by Crippen LogP contribution is -2.21. The van der Waals surface area contributed by atoms with Crippen molar-refractivity contribution in [2.75, 3.05) is 7.11 Å². The molecule has 0 heterocycles. The number of aliphatic hydroxyl groups is 1. The standard InChI is InChI=1S/C6H11NO2.CH4O/c8-7(9)6-4-2-1-3-5-6;1-2/h6H,1-5H2;2H,1H3. The van der Waals surface area contributed by atoms with E-state index in [-0.39, 0.29) is 11.0 Å². The van der Waals surface area contributed by atoms with E-state index in [1.807, 2.05) is 0 Å². The number of hydrogen-bond donors (Lipinski definition) is 1. The minimum Gasteiger partial charge on any atom is -0.400 e. The van der Waals surface area contributed by atoms with Crippen LogP contribution < -0.4 is 0 Å². The summed E-state index contributed by atoms with van der Waals surface area (Å²) in [5.74, 6) is 0. The molecule has 0 aliphatic heterocycles. The average Bonchev–Trinajstić information content (AvgIpc) is 2.10. The maximum atomic E-state index is 10.2. The van der Waals surface area contributed by atoms with E-state index in [1.165, 1.54) is 6.42 Å². The lowest BCUT2D eigenvalue weighted by Gasteiger charge is -2.13. The third-order valence-electron chi connectivity index (χ3n) is 1.87. The van der Waals surface area contributed by atoms with E-state index in [4.69, 9.17) is 5.11 Å². The quantitative estimate of drug-likeness (QED) is 0.464.